The fraction of sp³-hybridized carbons (Fsp3) is 0.615. The first-order valence-corrected chi connectivity index (χ1v) is 5.66. The van der Waals surface area contributed by atoms with E-state index in [1.807, 2.05) is 33.9 Å². The van der Waals surface area contributed by atoms with Crippen LogP contribution in [0.1, 0.15) is 51.8 Å². The molecular formula is C13H22N2O. The summed E-state index contributed by atoms with van der Waals surface area (Å²) in [5, 5.41) is 0. The maximum atomic E-state index is 12.2. The molecule has 0 saturated heterocycles. The molecular weight excluding hydrogens is 200 g/mol. The molecule has 0 aromatic carbocycles. The van der Waals surface area contributed by atoms with Gasteiger partial charge in [-0.05, 0) is 17.4 Å². The smallest absolute Gasteiger partial charge is 0.256 e. The van der Waals surface area contributed by atoms with Crippen molar-refractivity contribution in [2.24, 2.45) is 7.05 Å². The van der Waals surface area contributed by atoms with E-state index in [0.717, 1.165) is 5.69 Å². The molecule has 0 saturated carbocycles. The van der Waals surface area contributed by atoms with Crippen molar-refractivity contribution in [1.82, 2.24) is 4.57 Å². The number of nitrogen functional groups attached to an aromatic ring is 1. The summed E-state index contributed by atoms with van der Waals surface area (Å²) in [6, 6.07) is 1.92. The Morgan fingerprint density at radius 3 is 2.19 bits per heavy atom. The average molecular weight is 222 g/mol. The van der Waals surface area contributed by atoms with Crippen molar-refractivity contribution in [3.63, 3.8) is 0 Å². The first-order valence-electron chi connectivity index (χ1n) is 5.66. The third kappa shape index (κ3) is 2.13. The van der Waals surface area contributed by atoms with E-state index >= 15 is 0 Å². The highest BCUT2D eigenvalue weighted by Gasteiger charge is 2.23. The van der Waals surface area contributed by atoms with Crippen molar-refractivity contribution < 1.29 is 0 Å². The van der Waals surface area contributed by atoms with Crippen LogP contribution in [0.4, 0.5) is 5.69 Å². The van der Waals surface area contributed by atoms with Gasteiger partial charge in [-0.1, -0.05) is 34.6 Å². The lowest BCUT2D eigenvalue weighted by molar-refractivity contribution is 0.569. The largest absolute Gasteiger partial charge is 0.398 e. The van der Waals surface area contributed by atoms with Gasteiger partial charge >= 0.3 is 0 Å². The number of anilines is 1. The highest BCUT2D eigenvalue weighted by Crippen LogP contribution is 2.26. The van der Waals surface area contributed by atoms with E-state index in [0.29, 0.717) is 17.2 Å². The number of nitrogens with zero attached hydrogens (tertiary/aromatic N) is 1. The molecule has 0 fully saturated rings. The SMILES string of the molecule is CC(C)c1cc(N)c(C(C)(C)C)c(=O)n1C. The molecule has 3 nitrogen and oxygen atoms in total. The van der Waals surface area contributed by atoms with Crippen LogP contribution in [0.2, 0.25) is 0 Å². The summed E-state index contributed by atoms with van der Waals surface area (Å²) in [5.74, 6) is 0.300. The molecule has 0 unspecified atom stereocenters. The lowest BCUT2D eigenvalue weighted by atomic mass is 9.86. The third-order valence-electron chi connectivity index (χ3n) is 2.84. The van der Waals surface area contributed by atoms with Crippen molar-refractivity contribution in [1.29, 1.82) is 0 Å². The molecule has 90 valence electrons. The van der Waals surface area contributed by atoms with Crippen LogP contribution in [0.15, 0.2) is 10.9 Å². The fourth-order valence-electron chi connectivity index (χ4n) is 2.04. The van der Waals surface area contributed by atoms with Crippen molar-refractivity contribution >= 4 is 5.69 Å². The van der Waals surface area contributed by atoms with Gasteiger partial charge in [0.05, 0.1) is 0 Å². The minimum Gasteiger partial charge on any atom is -0.398 e. The molecule has 0 aliphatic heterocycles. The Hall–Kier alpha value is -1.25. The van der Waals surface area contributed by atoms with Crippen LogP contribution in [-0.2, 0) is 12.5 Å². The van der Waals surface area contributed by atoms with Crippen LogP contribution in [0.25, 0.3) is 0 Å². The van der Waals surface area contributed by atoms with Crippen molar-refractivity contribution in [2.75, 3.05) is 5.73 Å². The van der Waals surface area contributed by atoms with Gasteiger partial charge in [0, 0.05) is 24.0 Å². The Balaban J connectivity index is 3.60. The van der Waals surface area contributed by atoms with Crippen LogP contribution in [0.3, 0.4) is 0 Å². The Morgan fingerprint density at radius 2 is 1.81 bits per heavy atom. The summed E-state index contributed by atoms with van der Waals surface area (Å²) in [6.45, 7) is 10.1. The van der Waals surface area contributed by atoms with E-state index in [1.165, 1.54) is 0 Å². The molecule has 1 aromatic rings. The minimum atomic E-state index is -0.214. The average Bonchev–Trinajstić information content (AvgIpc) is 2.08. The van der Waals surface area contributed by atoms with Gasteiger partial charge in [0.25, 0.3) is 5.56 Å². The number of hydrogen-bond donors (Lipinski definition) is 1. The topological polar surface area (TPSA) is 48.0 Å². The van der Waals surface area contributed by atoms with E-state index in [9.17, 15) is 4.79 Å². The quantitative estimate of drug-likeness (QED) is 0.793. The zero-order valence-electron chi connectivity index (χ0n) is 11.1. The highest BCUT2D eigenvalue weighted by atomic mass is 16.1. The van der Waals surface area contributed by atoms with Gasteiger partial charge in [0.2, 0.25) is 0 Å². The number of nitrogens with two attached hydrogens (primary N) is 1. The summed E-state index contributed by atoms with van der Waals surface area (Å²) in [6.07, 6.45) is 0. The predicted octanol–water partition coefficient (Wildman–Crippen LogP) is 2.39. The van der Waals surface area contributed by atoms with Gasteiger partial charge in [-0.25, -0.2) is 0 Å². The number of hydrogen-bond acceptors (Lipinski definition) is 2. The second-order valence-electron chi connectivity index (χ2n) is 5.67. The fourth-order valence-corrected chi connectivity index (χ4v) is 2.04. The van der Waals surface area contributed by atoms with Crippen molar-refractivity contribution in [3.05, 3.63) is 27.7 Å². The Labute approximate surface area is 97.3 Å². The van der Waals surface area contributed by atoms with Gasteiger partial charge in [-0.15, -0.1) is 0 Å². The lowest BCUT2D eigenvalue weighted by Crippen LogP contribution is -2.32. The molecule has 0 amide bonds. The van der Waals surface area contributed by atoms with Crippen LogP contribution >= 0.6 is 0 Å². The van der Waals surface area contributed by atoms with Gasteiger partial charge in [-0.3, -0.25) is 4.79 Å². The Morgan fingerprint density at radius 1 is 1.31 bits per heavy atom. The van der Waals surface area contributed by atoms with Gasteiger partial charge in [-0.2, -0.15) is 0 Å². The summed E-state index contributed by atoms with van der Waals surface area (Å²) in [4.78, 5) is 12.2. The zero-order valence-corrected chi connectivity index (χ0v) is 11.1. The van der Waals surface area contributed by atoms with Crippen molar-refractivity contribution in [2.45, 2.75) is 46.0 Å². The van der Waals surface area contributed by atoms with Crippen LogP contribution < -0.4 is 11.3 Å². The molecule has 0 radical (unpaired) electrons. The number of aromatic nitrogens is 1. The monoisotopic (exact) mass is 222 g/mol. The summed E-state index contributed by atoms with van der Waals surface area (Å²) in [7, 11) is 1.81. The standard InChI is InChI=1S/C13H22N2O/c1-8(2)10-7-9(14)11(13(3,4)5)12(16)15(10)6/h7-8H,14H2,1-6H3. The first kappa shape index (κ1) is 12.8. The van der Waals surface area contributed by atoms with E-state index < -0.39 is 0 Å². The van der Waals surface area contributed by atoms with E-state index in [-0.39, 0.29) is 11.0 Å². The van der Waals surface area contributed by atoms with E-state index in [1.54, 1.807) is 4.57 Å². The van der Waals surface area contributed by atoms with Gasteiger partial charge < -0.3 is 10.3 Å². The molecule has 16 heavy (non-hydrogen) atoms. The maximum absolute atomic E-state index is 12.2. The van der Waals surface area contributed by atoms with Crippen LogP contribution in [0, 0.1) is 0 Å². The molecule has 0 bridgehead atoms. The molecule has 0 atom stereocenters. The molecule has 2 N–H and O–H groups in total. The van der Waals surface area contributed by atoms with Crippen LogP contribution in [-0.4, -0.2) is 4.57 Å². The molecule has 0 spiro atoms. The van der Waals surface area contributed by atoms with E-state index in [4.69, 9.17) is 5.73 Å². The third-order valence-corrected chi connectivity index (χ3v) is 2.84. The maximum Gasteiger partial charge on any atom is 0.256 e. The second kappa shape index (κ2) is 3.96. The van der Waals surface area contributed by atoms with Crippen molar-refractivity contribution in [3.8, 4) is 0 Å². The Bertz CT molecular complexity index is 450. The van der Waals surface area contributed by atoms with Gasteiger partial charge in [0.15, 0.2) is 0 Å². The van der Waals surface area contributed by atoms with Gasteiger partial charge in [0.1, 0.15) is 0 Å². The molecule has 3 heteroatoms. The summed E-state index contributed by atoms with van der Waals surface area (Å²) < 4.78 is 1.71. The molecule has 0 aliphatic carbocycles. The molecule has 1 heterocycles. The second-order valence-corrected chi connectivity index (χ2v) is 5.67. The number of pyridine rings is 1. The normalized spacial score (nSPS) is 12.2. The first-order chi connectivity index (χ1) is 7.16. The highest BCUT2D eigenvalue weighted by molar-refractivity contribution is 5.50. The summed E-state index contributed by atoms with van der Waals surface area (Å²) in [5.41, 5.74) is 8.11. The number of rotatable bonds is 1. The zero-order chi connectivity index (χ0) is 12.7. The van der Waals surface area contributed by atoms with Crippen LogP contribution in [0.5, 0.6) is 0 Å². The molecule has 1 aromatic heterocycles. The lowest BCUT2D eigenvalue weighted by Gasteiger charge is -2.23. The Kier molecular flexibility index (Phi) is 3.17. The summed E-state index contributed by atoms with van der Waals surface area (Å²) >= 11 is 0. The predicted molar refractivity (Wildman–Crippen MR) is 68.9 cm³/mol. The minimum absolute atomic E-state index is 0.0243. The van der Waals surface area contributed by atoms with E-state index in [2.05, 4.69) is 13.8 Å². The molecule has 1 rings (SSSR count). The molecule has 0 aliphatic rings.